The molecular formula is C15H13FN4O3S. The third-order valence-electron chi connectivity index (χ3n) is 2.94. The molecule has 3 N–H and O–H groups in total. The minimum absolute atomic E-state index is 0.240. The summed E-state index contributed by atoms with van der Waals surface area (Å²) in [7, 11) is 0. The number of phenols is 1. The Balaban J connectivity index is 1.87. The fourth-order valence-corrected chi connectivity index (χ4v) is 1.88. The van der Waals surface area contributed by atoms with Crippen molar-refractivity contribution in [2.24, 2.45) is 5.10 Å². The van der Waals surface area contributed by atoms with E-state index < -0.39 is 16.4 Å². The van der Waals surface area contributed by atoms with E-state index in [1.54, 1.807) is 12.1 Å². The Kier molecular flexibility index (Phi) is 5.74. The highest BCUT2D eigenvalue weighted by Crippen LogP contribution is 2.25. The third kappa shape index (κ3) is 4.99. The smallest absolute Gasteiger partial charge is 0.311 e. The van der Waals surface area contributed by atoms with Gasteiger partial charge in [0.25, 0.3) is 0 Å². The Hall–Kier alpha value is -3.07. The van der Waals surface area contributed by atoms with Gasteiger partial charge in [0.1, 0.15) is 5.82 Å². The number of hydrogen-bond donors (Lipinski definition) is 3. The van der Waals surface area contributed by atoms with Gasteiger partial charge in [0.05, 0.1) is 11.1 Å². The van der Waals surface area contributed by atoms with Crippen LogP contribution in [0.3, 0.4) is 0 Å². The second-order valence-corrected chi connectivity index (χ2v) is 5.09. The molecule has 0 amide bonds. The second-order valence-electron chi connectivity index (χ2n) is 4.68. The molecule has 2 aromatic rings. The van der Waals surface area contributed by atoms with Crippen LogP contribution in [0.25, 0.3) is 0 Å². The summed E-state index contributed by atoms with van der Waals surface area (Å²) in [5.41, 5.74) is 3.42. The van der Waals surface area contributed by atoms with Gasteiger partial charge in [-0.15, -0.1) is 0 Å². The monoisotopic (exact) mass is 348 g/mol. The lowest BCUT2D eigenvalue weighted by atomic mass is 10.2. The topological polar surface area (TPSA) is 99.8 Å². The standard InChI is InChI=1S/C15H13FN4O3S/c16-12-4-1-10(2-5-12)8-17-15(24)19-18-9-11-3-6-14(21)13(7-11)20(22)23/h1-7,9,21H,8H2,(H2,17,19,24)/b18-9+. The number of nitrogens with zero attached hydrogens (tertiary/aromatic N) is 2. The molecule has 0 heterocycles. The minimum atomic E-state index is -0.686. The summed E-state index contributed by atoms with van der Waals surface area (Å²) in [5, 5.41) is 27.1. The highest BCUT2D eigenvalue weighted by molar-refractivity contribution is 7.80. The molecule has 0 atom stereocenters. The molecular weight excluding hydrogens is 335 g/mol. The number of phenolic OH excluding ortho intramolecular Hbond substituents is 1. The van der Waals surface area contributed by atoms with E-state index >= 15 is 0 Å². The van der Waals surface area contributed by atoms with Crippen LogP contribution in [0.4, 0.5) is 10.1 Å². The number of hydrogen-bond acceptors (Lipinski definition) is 5. The van der Waals surface area contributed by atoms with E-state index in [2.05, 4.69) is 15.8 Å². The molecule has 0 spiro atoms. The zero-order valence-electron chi connectivity index (χ0n) is 12.3. The molecule has 0 aliphatic rings. The first-order valence-electron chi connectivity index (χ1n) is 6.74. The molecule has 2 rings (SSSR count). The van der Waals surface area contributed by atoms with E-state index in [1.165, 1.54) is 36.5 Å². The molecule has 0 aliphatic heterocycles. The Morgan fingerprint density at radius 1 is 1.33 bits per heavy atom. The Labute approximate surface area is 142 Å². The SMILES string of the molecule is O=[N+]([O-])c1cc(/C=N/NC(=S)NCc2ccc(F)cc2)ccc1O. The van der Waals surface area contributed by atoms with Crippen molar-refractivity contribution in [1.29, 1.82) is 0 Å². The van der Waals surface area contributed by atoms with E-state index in [4.69, 9.17) is 12.2 Å². The number of halogens is 1. The van der Waals surface area contributed by atoms with Gasteiger partial charge in [-0.2, -0.15) is 5.10 Å². The number of benzene rings is 2. The van der Waals surface area contributed by atoms with Gasteiger partial charge < -0.3 is 10.4 Å². The molecule has 2 aromatic carbocycles. The van der Waals surface area contributed by atoms with Gasteiger partial charge in [0.15, 0.2) is 10.9 Å². The number of nitro groups is 1. The fraction of sp³-hybridized carbons (Fsp3) is 0.0667. The Morgan fingerprint density at radius 3 is 2.71 bits per heavy atom. The van der Waals surface area contributed by atoms with Crippen LogP contribution in [-0.4, -0.2) is 21.4 Å². The van der Waals surface area contributed by atoms with Crippen molar-refractivity contribution >= 4 is 29.2 Å². The molecule has 0 saturated carbocycles. The highest BCUT2D eigenvalue weighted by atomic mass is 32.1. The number of hydrazone groups is 1. The van der Waals surface area contributed by atoms with Crippen molar-refractivity contribution in [2.45, 2.75) is 6.54 Å². The van der Waals surface area contributed by atoms with E-state index in [9.17, 15) is 19.6 Å². The lowest BCUT2D eigenvalue weighted by Gasteiger charge is -2.06. The van der Waals surface area contributed by atoms with E-state index in [0.717, 1.165) is 5.56 Å². The van der Waals surface area contributed by atoms with E-state index in [1.807, 2.05) is 0 Å². The predicted molar refractivity (Wildman–Crippen MR) is 91.3 cm³/mol. The van der Waals surface area contributed by atoms with Crippen LogP contribution in [0.15, 0.2) is 47.6 Å². The van der Waals surface area contributed by atoms with Crippen LogP contribution in [0.5, 0.6) is 5.75 Å². The molecule has 0 radical (unpaired) electrons. The van der Waals surface area contributed by atoms with Gasteiger partial charge in [0.2, 0.25) is 0 Å². The Morgan fingerprint density at radius 2 is 2.04 bits per heavy atom. The maximum Gasteiger partial charge on any atom is 0.311 e. The first-order valence-corrected chi connectivity index (χ1v) is 7.15. The van der Waals surface area contributed by atoms with Crippen LogP contribution in [0.1, 0.15) is 11.1 Å². The molecule has 0 saturated heterocycles. The molecule has 0 bridgehead atoms. The third-order valence-corrected chi connectivity index (χ3v) is 3.18. The summed E-state index contributed by atoms with van der Waals surface area (Å²) in [6.45, 7) is 0.395. The van der Waals surface area contributed by atoms with E-state index in [0.29, 0.717) is 12.1 Å². The molecule has 0 aromatic heterocycles. The van der Waals surface area contributed by atoms with Crippen LogP contribution in [0, 0.1) is 15.9 Å². The molecule has 124 valence electrons. The molecule has 7 nitrogen and oxygen atoms in total. The van der Waals surface area contributed by atoms with Crippen LogP contribution in [-0.2, 0) is 6.54 Å². The van der Waals surface area contributed by atoms with Gasteiger partial charge in [-0.1, -0.05) is 12.1 Å². The number of aromatic hydroxyl groups is 1. The van der Waals surface area contributed by atoms with E-state index in [-0.39, 0.29) is 10.9 Å². The molecule has 24 heavy (non-hydrogen) atoms. The zero-order valence-corrected chi connectivity index (χ0v) is 13.1. The summed E-state index contributed by atoms with van der Waals surface area (Å²) >= 11 is 5.02. The Bertz CT molecular complexity index is 781. The zero-order chi connectivity index (χ0) is 17.5. The largest absolute Gasteiger partial charge is 0.502 e. The van der Waals surface area contributed by atoms with Crippen molar-refractivity contribution in [3.8, 4) is 5.75 Å². The number of nitro benzene ring substituents is 1. The minimum Gasteiger partial charge on any atom is -0.502 e. The maximum absolute atomic E-state index is 12.8. The summed E-state index contributed by atoms with van der Waals surface area (Å²) in [4.78, 5) is 10.0. The number of thiocarbonyl (C=S) groups is 1. The summed E-state index contributed by atoms with van der Waals surface area (Å²) in [5.74, 6) is -0.728. The predicted octanol–water partition coefficient (Wildman–Crippen LogP) is 2.44. The van der Waals surface area contributed by atoms with Gasteiger partial charge >= 0.3 is 5.69 Å². The first-order chi connectivity index (χ1) is 11.5. The normalized spacial score (nSPS) is 10.5. The van der Waals surface area contributed by atoms with Crippen LogP contribution < -0.4 is 10.7 Å². The number of rotatable bonds is 5. The lowest BCUT2D eigenvalue weighted by Crippen LogP contribution is -2.31. The van der Waals surface area contributed by atoms with Crippen molar-refractivity contribution in [1.82, 2.24) is 10.7 Å². The van der Waals surface area contributed by atoms with Crippen molar-refractivity contribution in [3.05, 3.63) is 69.5 Å². The van der Waals surface area contributed by atoms with Crippen molar-refractivity contribution in [3.63, 3.8) is 0 Å². The first kappa shape index (κ1) is 17.3. The average Bonchev–Trinajstić information content (AvgIpc) is 2.55. The molecule has 9 heteroatoms. The second kappa shape index (κ2) is 7.97. The van der Waals surface area contributed by atoms with Gasteiger partial charge in [0, 0.05) is 18.2 Å². The molecule has 0 fully saturated rings. The maximum atomic E-state index is 12.8. The molecule has 0 unspecified atom stereocenters. The molecule has 0 aliphatic carbocycles. The highest BCUT2D eigenvalue weighted by Gasteiger charge is 2.12. The summed E-state index contributed by atoms with van der Waals surface area (Å²) < 4.78 is 12.8. The van der Waals surface area contributed by atoms with Gasteiger partial charge in [-0.25, -0.2) is 4.39 Å². The van der Waals surface area contributed by atoms with Crippen LogP contribution in [0.2, 0.25) is 0 Å². The summed E-state index contributed by atoms with van der Waals surface area (Å²) in [6.07, 6.45) is 1.33. The summed E-state index contributed by atoms with van der Waals surface area (Å²) in [6, 6.07) is 9.84. The van der Waals surface area contributed by atoms with Crippen molar-refractivity contribution < 1.29 is 14.4 Å². The van der Waals surface area contributed by atoms with Gasteiger partial charge in [-0.05, 0) is 42.0 Å². The van der Waals surface area contributed by atoms with Crippen LogP contribution >= 0.6 is 12.2 Å². The van der Waals surface area contributed by atoms with Gasteiger partial charge in [-0.3, -0.25) is 15.5 Å². The fourth-order valence-electron chi connectivity index (χ4n) is 1.76. The van der Waals surface area contributed by atoms with Crippen molar-refractivity contribution in [2.75, 3.05) is 0 Å². The average molecular weight is 348 g/mol. The number of nitrogens with one attached hydrogen (secondary N) is 2. The lowest BCUT2D eigenvalue weighted by molar-refractivity contribution is -0.385. The quantitative estimate of drug-likeness (QED) is 0.332.